The summed E-state index contributed by atoms with van der Waals surface area (Å²) in [5.74, 6) is 0.254. The van der Waals surface area contributed by atoms with E-state index in [1.54, 1.807) is 6.08 Å². The number of unbranched alkanes of at least 4 members (excludes halogenated alkanes) is 2. The van der Waals surface area contributed by atoms with Gasteiger partial charge in [-0.3, -0.25) is 4.79 Å². The lowest BCUT2D eigenvalue weighted by atomic mass is 9.98. The van der Waals surface area contributed by atoms with E-state index < -0.39 is 0 Å². The topological polar surface area (TPSA) is 17.1 Å². The highest BCUT2D eigenvalue weighted by Gasteiger charge is 2.05. The molecule has 0 bridgehead atoms. The van der Waals surface area contributed by atoms with Gasteiger partial charge in [0.15, 0.2) is 5.78 Å². The van der Waals surface area contributed by atoms with Crippen LogP contribution in [-0.2, 0) is 4.79 Å². The molecule has 66 valence electrons. The van der Waals surface area contributed by atoms with E-state index in [4.69, 9.17) is 0 Å². The third-order valence-electron chi connectivity index (χ3n) is 2.12. The molecule has 0 heterocycles. The van der Waals surface area contributed by atoms with Crippen molar-refractivity contribution in [3.8, 4) is 0 Å². The molecule has 0 aromatic carbocycles. The van der Waals surface area contributed by atoms with E-state index >= 15 is 0 Å². The molecule has 0 amide bonds. The third-order valence-corrected chi connectivity index (χ3v) is 2.12. The number of carbonyl (C=O) groups is 1. The Kier molecular flexibility index (Phi) is 3.78. The van der Waals surface area contributed by atoms with Gasteiger partial charge in [0.25, 0.3) is 0 Å². The minimum Gasteiger partial charge on any atom is -0.295 e. The predicted molar refractivity (Wildman–Crippen MR) is 51.0 cm³/mol. The summed E-state index contributed by atoms with van der Waals surface area (Å²) in [4.78, 5) is 11.0. The average molecular weight is 164 g/mol. The van der Waals surface area contributed by atoms with Crippen molar-refractivity contribution < 1.29 is 4.79 Å². The molecule has 1 aliphatic carbocycles. The van der Waals surface area contributed by atoms with Crippen LogP contribution < -0.4 is 0 Å². The Morgan fingerprint density at radius 1 is 1.42 bits per heavy atom. The summed E-state index contributed by atoms with van der Waals surface area (Å²) >= 11 is 0. The van der Waals surface area contributed by atoms with E-state index in [9.17, 15) is 4.79 Å². The monoisotopic (exact) mass is 164 g/mol. The molecular weight excluding hydrogens is 148 g/mol. The fourth-order valence-electron chi connectivity index (χ4n) is 1.41. The Balaban J connectivity index is 2.28. The fraction of sp³-hybridized carbons (Fsp3) is 0.545. The van der Waals surface area contributed by atoms with Crippen molar-refractivity contribution in [2.75, 3.05) is 0 Å². The van der Waals surface area contributed by atoms with Gasteiger partial charge in [-0.1, -0.05) is 37.5 Å². The first-order valence-corrected chi connectivity index (χ1v) is 4.72. The van der Waals surface area contributed by atoms with Crippen LogP contribution in [0, 0.1) is 0 Å². The maximum Gasteiger partial charge on any atom is 0.159 e. The van der Waals surface area contributed by atoms with Crippen LogP contribution in [0.5, 0.6) is 0 Å². The summed E-state index contributed by atoms with van der Waals surface area (Å²) in [6.07, 6.45) is 11.1. The fourth-order valence-corrected chi connectivity index (χ4v) is 1.41. The molecule has 0 saturated heterocycles. The molecule has 0 aromatic rings. The van der Waals surface area contributed by atoms with E-state index in [0.717, 1.165) is 6.42 Å². The SMILES string of the molecule is CCCCCC1=CC=CC(=O)C1. The van der Waals surface area contributed by atoms with E-state index in [-0.39, 0.29) is 5.78 Å². The van der Waals surface area contributed by atoms with Gasteiger partial charge in [-0.25, -0.2) is 0 Å². The number of hydrogen-bond donors (Lipinski definition) is 0. The van der Waals surface area contributed by atoms with E-state index in [0.29, 0.717) is 6.42 Å². The Labute approximate surface area is 74.2 Å². The van der Waals surface area contributed by atoms with Crippen molar-refractivity contribution >= 4 is 5.78 Å². The normalized spacial score (nSPS) is 16.4. The molecule has 0 unspecified atom stereocenters. The second kappa shape index (κ2) is 4.91. The molecule has 0 atom stereocenters. The lowest BCUT2D eigenvalue weighted by Gasteiger charge is -2.06. The van der Waals surface area contributed by atoms with Gasteiger partial charge >= 0.3 is 0 Å². The molecule has 1 aliphatic rings. The summed E-state index contributed by atoms with van der Waals surface area (Å²) in [6, 6.07) is 0. The van der Waals surface area contributed by atoms with Gasteiger partial charge in [-0.15, -0.1) is 0 Å². The van der Waals surface area contributed by atoms with Gasteiger partial charge in [-0.05, 0) is 18.9 Å². The first-order valence-electron chi connectivity index (χ1n) is 4.72. The minimum absolute atomic E-state index is 0.254. The minimum atomic E-state index is 0.254. The molecule has 12 heavy (non-hydrogen) atoms. The number of rotatable bonds is 4. The van der Waals surface area contributed by atoms with Gasteiger partial charge in [0, 0.05) is 6.42 Å². The van der Waals surface area contributed by atoms with Gasteiger partial charge in [0.1, 0.15) is 0 Å². The van der Waals surface area contributed by atoms with E-state index in [1.807, 2.05) is 6.08 Å². The van der Waals surface area contributed by atoms with Crippen molar-refractivity contribution in [3.05, 3.63) is 23.8 Å². The van der Waals surface area contributed by atoms with Crippen LogP contribution in [0.15, 0.2) is 23.8 Å². The molecule has 1 nitrogen and oxygen atoms in total. The van der Waals surface area contributed by atoms with Crippen LogP contribution in [0.25, 0.3) is 0 Å². The van der Waals surface area contributed by atoms with Crippen molar-refractivity contribution in [2.24, 2.45) is 0 Å². The van der Waals surface area contributed by atoms with Gasteiger partial charge in [0.05, 0.1) is 0 Å². The largest absolute Gasteiger partial charge is 0.295 e. The maximum atomic E-state index is 11.0. The smallest absolute Gasteiger partial charge is 0.159 e. The first kappa shape index (κ1) is 9.24. The molecule has 0 spiro atoms. The maximum absolute atomic E-state index is 11.0. The van der Waals surface area contributed by atoms with Crippen LogP contribution in [0.2, 0.25) is 0 Å². The summed E-state index contributed by atoms with van der Waals surface area (Å²) < 4.78 is 0. The standard InChI is InChI=1S/C11H16O/c1-2-3-4-6-10-7-5-8-11(12)9-10/h5,7-8H,2-4,6,9H2,1H3. The zero-order chi connectivity index (χ0) is 8.81. The number of allylic oxidation sites excluding steroid dienone is 4. The highest BCUT2D eigenvalue weighted by Crippen LogP contribution is 2.16. The second-order valence-electron chi connectivity index (χ2n) is 3.28. The Bertz CT molecular complexity index is 211. The van der Waals surface area contributed by atoms with Crippen LogP contribution in [0.4, 0.5) is 0 Å². The van der Waals surface area contributed by atoms with Crippen LogP contribution >= 0.6 is 0 Å². The lowest BCUT2D eigenvalue weighted by Crippen LogP contribution is -1.99. The summed E-state index contributed by atoms with van der Waals surface area (Å²) in [6.45, 7) is 2.19. The van der Waals surface area contributed by atoms with Crippen LogP contribution in [0.3, 0.4) is 0 Å². The molecule has 1 rings (SSSR count). The average Bonchev–Trinajstić information content (AvgIpc) is 2.05. The zero-order valence-corrected chi connectivity index (χ0v) is 7.68. The molecule has 0 fully saturated rings. The molecule has 0 aromatic heterocycles. The highest BCUT2D eigenvalue weighted by atomic mass is 16.1. The van der Waals surface area contributed by atoms with E-state index in [1.165, 1.54) is 24.8 Å². The van der Waals surface area contributed by atoms with Gasteiger partial charge in [-0.2, -0.15) is 0 Å². The molecule has 0 aliphatic heterocycles. The number of ketones is 1. The first-order chi connectivity index (χ1) is 5.83. The zero-order valence-electron chi connectivity index (χ0n) is 7.68. The van der Waals surface area contributed by atoms with Gasteiger partial charge in [0.2, 0.25) is 0 Å². The van der Waals surface area contributed by atoms with Crippen molar-refractivity contribution in [2.45, 2.75) is 39.0 Å². The van der Waals surface area contributed by atoms with Crippen molar-refractivity contribution in [1.29, 1.82) is 0 Å². The summed E-state index contributed by atoms with van der Waals surface area (Å²) in [5.41, 5.74) is 1.30. The Hall–Kier alpha value is -0.850. The Morgan fingerprint density at radius 2 is 2.25 bits per heavy atom. The van der Waals surface area contributed by atoms with Crippen LogP contribution in [-0.4, -0.2) is 5.78 Å². The lowest BCUT2D eigenvalue weighted by molar-refractivity contribution is -0.114. The number of carbonyl (C=O) groups excluding carboxylic acids is 1. The molecule has 0 N–H and O–H groups in total. The van der Waals surface area contributed by atoms with Crippen LogP contribution in [0.1, 0.15) is 39.0 Å². The second-order valence-corrected chi connectivity index (χ2v) is 3.28. The van der Waals surface area contributed by atoms with Crippen molar-refractivity contribution in [3.63, 3.8) is 0 Å². The van der Waals surface area contributed by atoms with Gasteiger partial charge < -0.3 is 0 Å². The predicted octanol–water partition coefficient (Wildman–Crippen LogP) is 3.02. The third kappa shape index (κ3) is 3.04. The molecule has 1 heteroatoms. The molecular formula is C11H16O. The Morgan fingerprint density at radius 3 is 2.92 bits per heavy atom. The molecule has 0 radical (unpaired) electrons. The van der Waals surface area contributed by atoms with Crippen molar-refractivity contribution in [1.82, 2.24) is 0 Å². The highest BCUT2D eigenvalue weighted by molar-refractivity contribution is 5.92. The molecule has 0 saturated carbocycles. The summed E-state index contributed by atoms with van der Waals surface area (Å²) in [5, 5.41) is 0. The van der Waals surface area contributed by atoms with E-state index in [2.05, 4.69) is 13.0 Å². The summed E-state index contributed by atoms with van der Waals surface area (Å²) in [7, 11) is 0. The number of hydrogen-bond acceptors (Lipinski definition) is 1. The quantitative estimate of drug-likeness (QED) is 0.584.